The van der Waals surface area contributed by atoms with Crippen molar-refractivity contribution >= 4 is 68.1 Å². The molecule has 17 heteroatoms. The minimum Gasteiger partial charge on any atom is -0.394 e. The van der Waals surface area contributed by atoms with Crippen molar-refractivity contribution in [3.05, 3.63) is 45.7 Å². The first-order valence-electron chi connectivity index (χ1n) is 15.6. The summed E-state index contributed by atoms with van der Waals surface area (Å²) in [6, 6.07) is 4.87. The van der Waals surface area contributed by atoms with Gasteiger partial charge in [-0.3, -0.25) is 8.42 Å². The van der Waals surface area contributed by atoms with E-state index in [-0.39, 0.29) is 34.6 Å². The lowest BCUT2D eigenvalue weighted by Crippen LogP contribution is -2.47. The van der Waals surface area contributed by atoms with Crippen LogP contribution in [0.4, 0.5) is 27.7 Å². The first-order chi connectivity index (χ1) is 22.6. The summed E-state index contributed by atoms with van der Waals surface area (Å²) in [5.41, 5.74) is 1.76. The Kier molecular flexibility index (Phi) is 9.06. The van der Waals surface area contributed by atoms with E-state index in [1.165, 1.54) is 6.07 Å². The molecule has 1 aromatic carbocycles. The fourth-order valence-electron chi connectivity index (χ4n) is 5.96. The zero-order valence-electron chi connectivity index (χ0n) is 25.5. The molecule has 4 N–H and O–H groups in total. The van der Waals surface area contributed by atoms with Crippen LogP contribution in [-0.4, -0.2) is 101 Å². The van der Waals surface area contributed by atoms with Gasteiger partial charge in [-0.25, -0.2) is 14.4 Å². The van der Waals surface area contributed by atoms with Gasteiger partial charge in [0, 0.05) is 56.2 Å². The first-order valence-corrected chi connectivity index (χ1v) is 19.0. The number of nitrogens with zero attached hydrogens (tertiary/aromatic N) is 6. The molecule has 252 valence electrons. The van der Waals surface area contributed by atoms with Crippen LogP contribution in [0.15, 0.2) is 28.0 Å². The highest BCUT2D eigenvalue weighted by Gasteiger charge is 2.45. The molecule has 3 fully saturated rings. The van der Waals surface area contributed by atoms with Crippen molar-refractivity contribution in [2.45, 2.75) is 59.4 Å². The predicted molar refractivity (Wildman–Crippen MR) is 180 cm³/mol. The molecule has 0 bridgehead atoms. The average Bonchev–Trinajstić information content (AvgIpc) is 3.96. The molecule has 3 aliphatic heterocycles. The third-order valence-electron chi connectivity index (χ3n) is 9.25. The Morgan fingerprint density at radius 2 is 1.32 bits per heavy atom. The number of fused-ring (bicyclic) bond motifs is 2. The van der Waals surface area contributed by atoms with Crippen LogP contribution in [0.1, 0.15) is 37.1 Å². The molecule has 12 nitrogen and oxygen atoms in total. The smallest absolute Gasteiger partial charge is 0.227 e. The maximum absolute atomic E-state index is 13.8. The van der Waals surface area contributed by atoms with Gasteiger partial charge in [-0.2, -0.15) is 9.97 Å². The molecule has 2 aromatic heterocycles. The highest BCUT2D eigenvalue weighted by molar-refractivity contribution is 7.85. The Labute approximate surface area is 286 Å². The highest BCUT2D eigenvalue weighted by atomic mass is 35.5. The Morgan fingerprint density at radius 1 is 0.787 bits per heavy atom. The monoisotopic (exact) mass is 724 g/mol. The third kappa shape index (κ3) is 6.79. The lowest BCUT2D eigenvalue weighted by molar-refractivity contribution is 0.265. The number of hydrogen-bond acceptors (Lipinski definition) is 12. The number of aliphatic hydroxyl groups is 2. The Balaban J connectivity index is 0.000000174. The van der Waals surface area contributed by atoms with Crippen LogP contribution in [0.3, 0.4) is 0 Å². The second-order valence-electron chi connectivity index (χ2n) is 12.6. The molecule has 2 atom stereocenters. The zero-order valence-corrected chi connectivity index (χ0v) is 28.6. The molecule has 5 aliphatic rings. The Hall–Kier alpha value is -2.69. The maximum Gasteiger partial charge on any atom is 0.227 e. The number of aromatic nitrogens is 4. The molecule has 0 amide bonds. The van der Waals surface area contributed by atoms with Crippen molar-refractivity contribution in [3.8, 4) is 0 Å². The number of rotatable bonds is 8. The topological polar surface area (TPSA) is 157 Å². The molecule has 3 aromatic rings. The van der Waals surface area contributed by atoms with E-state index in [2.05, 4.69) is 30.4 Å². The molecule has 47 heavy (non-hydrogen) atoms. The summed E-state index contributed by atoms with van der Waals surface area (Å²) in [7, 11) is -2.16. The standard InChI is InChI=1S/C20H23ClFN5O2S.C10H12ClN3O2S/c21-14-2-1-13(11-15(14)22)26-6-8-27(9-7-26)19-23-16-3-10-30(29)17(16)18(24-19)25-20(12-28)4-5-20;11-9-12-6-1-4-17(16)7(6)8(13-9)14-10(5-15)2-3-10/h1-2,11,28H,3-10,12H2,(H,23,24,25);15H,1-5H2,(H,12,13,14). The van der Waals surface area contributed by atoms with Crippen molar-refractivity contribution in [2.75, 3.05) is 71.3 Å². The highest BCUT2D eigenvalue weighted by Crippen LogP contribution is 2.42. The molecular formula is C30H35Cl2FN8O4S2. The molecule has 0 spiro atoms. The summed E-state index contributed by atoms with van der Waals surface area (Å²) < 4.78 is 38.2. The van der Waals surface area contributed by atoms with Gasteiger partial charge in [-0.05, 0) is 55.5 Å². The predicted octanol–water partition coefficient (Wildman–Crippen LogP) is 2.93. The van der Waals surface area contributed by atoms with E-state index < -0.39 is 27.4 Å². The molecule has 2 aliphatic carbocycles. The maximum atomic E-state index is 13.8. The lowest BCUT2D eigenvalue weighted by Gasteiger charge is -2.36. The van der Waals surface area contributed by atoms with Crippen LogP contribution >= 0.6 is 23.2 Å². The lowest BCUT2D eigenvalue weighted by atomic mass is 10.2. The largest absolute Gasteiger partial charge is 0.394 e. The summed E-state index contributed by atoms with van der Waals surface area (Å²) in [4.78, 5) is 23.2. The van der Waals surface area contributed by atoms with Gasteiger partial charge in [0.25, 0.3) is 0 Å². The second-order valence-corrected chi connectivity index (χ2v) is 16.3. The number of nitrogens with one attached hydrogen (secondary N) is 2. The SMILES string of the molecule is O=S1CCc2nc(Cl)nc(NC3(CO)CC3)c21.O=S1CCc2nc(N3CCN(c4ccc(Cl)c(F)c4)CC3)nc(NC3(CO)CC3)c21. The number of hydrogen-bond donors (Lipinski definition) is 4. The number of benzene rings is 1. The fraction of sp³-hybridized carbons (Fsp3) is 0.533. The molecule has 8 rings (SSSR count). The summed E-state index contributed by atoms with van der Waals surface area (Å²) in [6.45, 7) is 2.88. The van der Waals surface area contributed by atoms with E-state index in [0.717, 1.165) is 42.8 Å². The normalized spacial score (nSPS) is 23.0. The number of aliphatic hydroxyl groups excluding tert-OH is 2. The van der Waals surface area contributed by atoms with Crippen molar-refractivity contribution in [1.29, 1.82) is 0 Å². The molecule has 2 saturated carbocycles. The minimum atomic E-state index is -1.11. The van der Waals surface area contributed by atoms with E-state index in [0.29, 0.717) is 77.9 Å². The van der Waals surface area contributed by atoms with E-state index >= 15 is 0 Å². The zero-order chi connectivity index (χ0) is 32.9. The van der Waals surface area contributed by atoms with Gasteiger partial charge >= 0.3 is 0 Å². The van der Waals surface area contributed by atoms with Crippen LogP contribution in [-0.2, 0) is 34.4 Å². The number of halogens is 3. The minimum absolute atomic E-state index is 0.0318. The number of aryl methyl sites for hydroxylation is 2. The van der Waals surface area contributed by atoms with Crippen molar-refractivity contribution in [2.24, 2.45) is 0 Å². The third-order valence-corrected chi connectivity index (χ3v) is 12.6. The molecule has 5 heterocycles. The number of piperazine rings is 1. The summed E-state index contributed by atoms with van der Waals surface area (Å²) in [5.74, 6) is 2.46. The molecule has 2 unspecified atom stereocenters. The van der Waals surface area contributed by atoms with E-state index in [9.17, 15) is 23.0 Å². The van der Waals surface area contributed by atoms with E-state index in [1.807, 2.05) is 6.07 Å². The van der Waals surface area contributed by atoms with Crippen LogP contribution in [0.2, 0.25) is 10.3 Å². The van der Waals surface area contributed by atoms with Gasteiger partial charge in [0.15, 0.2) is 0 Å². The van der Waals surface area contributed by atoms with Crippen molar-refractivity contribution in [1.82, 2.24) is 19.9 Å². The molecule has 0 radical (unpaired) electrons. The van der Waals surface area contributed by atoms with E-state index in [1.54, 1.807) is 6.07 Å². The Morgan fingerprint density at radius 3 is 1.85 bits per heavy atom. The number of anilines is 4. The van der Waals surface area contributed by atoms with E-state index in [4.69, 9.17) is 33.2 Å². The van der Waals surface area contributed by atoms with Gasteiger partial charge in [-0.1, -0.05) is 11.6 Å². The summed E-state index contributed by atoms with van der Waals surface area (Å²) in [5, 5.41) is 25.8. The molecule has 1 saturated heterocycles. The van der Waals surface area contributed by atoms with Crippen LogP contribution in [0.5, 0.6) is 0 Å². The first kappa shape index (κ1) is 32.8. The quantitative estimate of drug-likeness (QED) is 0.253. The summed E-state index contributed by atoms with van der Waals surface area (Å²) >= 11 is 11.6. The Bertz CT molecular complexity index is 1760. The van der Waals surface area contributed by atoms with Gasteiger partial charge in [0.2, 0.25) is 11.2 Å². The van der Waals surface area contributed by atoms with Crippen LogP contribution in [0, 0.1) is 5.82 Å². The van der Waals surface area contributed by atoms with Gasteiger partial charge in [0.05, 0.1) is 62.3 Å². The van der Waals surface area contributed by atoms with Crippen molar-refractivity contribution < 1.29 is 23.0 Å². The van der Waals surface area contributed by atoms with Crippen molar-refractivity contribution in [3.63, 3.8) is 0 Å². The van der Waals surface area contributed by atoms with Gasteiger partial charge in [0.1, 0.15) is 27.2 Å². The van der Waals surface area contributed by atoms with Gasteiger partial charge < -0.3 is 30.6 Å². The summed E-state index contributed by atoms with van der Waals surface area (Å²) in [6.07, 6.45) is 4.88. The fourth-order valence-corrected chi connectivity index (χ4v) is 8.87. The van der Waals surface area contributed by atoms with Gasteiger partial charge in [-0.15, -0.1) is 0 Å². The average molecular weight is 726 g/mol. The van der Waals surface area contributed by atoms with Crippen LogP contribution < -0.4 is 20.4 Å². The molecular weight excluding hydrogens is 690 g/mol. The second kappa shape index (κ2) is 13.0. The van der Waals surface area contributed by atoms with Crippen LogP contribution in [0.25, 0.3) is 0 Å².